The molecule has 0 fully saturated rings. The first-order valence-electron chi connectivity index (χ1n) is 4.47. The summed E-state index contributed by atoms with van der Waals surface area (Å²) in [5.74, 6) is -2.33. The molecule has 0 aliphatic carbocycles. The summed E-state index contributed by atoms with van der Waals surface area (Å²) >= 11 is 0. The molecule has 0 unspecified atom stereocenters. The number of hydrogen-bond donors (Lipinski definition) is 1. The van der Waals surface area contributed by atoms with E-state index in [0.29, 0.717) is 0 Å². The second kappa shape index (κ2) is 5.09. The van der Waals surface area contributed by atoms with Crippen LogP contribution in [0.4, 0.5) is 18.9 Å². The lowest BCUT2D eigenvalue weighted by molar-refractivity contribution is -0.386. The van der Waals surface area contributed by atoms with Gasteiger partial charge in [0, 0.05) is 6.07 Å². The van der Waals surface area contributed by atoms with E-state index in [1.807, 2.05) is 0 Å². The van der Waals surface area contributed by atoms with E-state index in [1.54, 1.807) is 0 Å². The van der Waals surface area contributed by atoms with Crippen molar-refractivity contribution in [1.29, 1.82) is 0 Å². The molecule has 1 aromatic heterocycles. The predicted octanol–water partition coefficient (Wildman–Crippen LogP) is 0.544. The van der Waals surface area contributed by atoms with Crippen molar-refractivity contribution >= 4 is 15.7 Å². The summed E-state index contributed by atoms with van der Waals surface area (Å²) in [5, 5.41) is 15.3. The van der Waals surface area contributed by atoms with Gasteiger partial charge in [0.1, 0.15) is 0 Å². The molecule has 0 aromatic carbocycles. The van der Waals surface area contributed by atoms with Gasteiger partial charge in [-0.05, 0) is 0 Å². The van der Waals surface area contributed by atoms with Gasteiger partial charge >= 0.3 is 12.0 Å². The number of primary sulfonamides is 1. The highest BCUT2D eigenvalue weighted by Crippen LogP contribution is 2.35. The highest BCUT2D eigenvalue weighted by Gasteiger charge is 2.36. The third kappa shape index (κ3) is 3.67. The number of rotatable bonds is 4. The standard InChI is InChI=1S/C7H6F3N3O6S/c1-18-5-3(13(14)15)2-4(20(11,16)17)6(12-5)19-7(8,9)10/h2H,1H3,(H2,11,16,17). The fourth-order valence-electron chi connectivity index (χ4n) is 1.12. The van der Waals surface area contributed by atoms with E-state index in [0.717, 1.165) is 7.11 Å². The monoisotopic (exact) mass is 317 g/mol. The van der Waals surface area contributed by atoms with Crippen LogP contribution < -0.4 is 14.6 Å². The zero-order valence-corrected chi connectivity index (χ0v) is 10.4. The number of nitro groups is 1. The number of pyridine rings is 1. The molecular formula is C7H6F3N3O6S. The average Bonchev–Trinajstić information content (AvgIpc) is 2.24. The third-order valence-electron chi connectivity index (χ3n) is 1.81. The Balaban J connectivity index is 3.61. The van der Waals surface area contributed by atoms with Gasteiger partial charge in [0.05, 0.1) is 12.0 Å². The summed E-state index contributed by atoms with van der Waals surface area (Å²) in [7, 11) is -3.84. The highest BCUT2D eigenvalue weighted by molar-refractivity contribution is 7.89. The molecule has 0 saturated carbocycles. The molecule has 0 spiro atoms. The van der Waals surface area contributed by atoms with Crippen LogP contribution in [-0.2, 0) is 10.0 Å². The summed E-state index contributed by atoms with van der Waals surface area (Å²) < 4.78 is 66.4. The lowest BCUT2D eigenvalue weighted by Gasteiger charge is -2.12. The Hall–Kier alpha value is -2.15. The van der Waals surface area contributed by atoms with Crippen molar-refractivity contribution in [3.05, 3.63) is 16.2 Å². The largest absolute Gasteiger partial charge is 0.574 e. The molecule has 0 bridgehead atoms. The minimum atomic E-state index is -5.27. The number of sulfonamides is 1. The Kier molecular flexibility index (Phi) is 4.04. The molecule has 0 aliphatic heterocycles. The van der Waals surface area contributed by atoms with E-state index >= 15 is 0 Å². The second-order valence-corrected chi connectivity index (χ2v) is 4.70. The van der Waals surface area contributed by atoms with Crippen molar-refractivity contribution in [1.82, 2.24) is 4.98 Å². The summed E-state index contributed by atoms with van der Waals surface area (Å²) in [6.07, 6.45) is -5.27. The van der Waals surface area contributed by atoms with E-state index in [4.69, 9.17) is 0 Å². The zero-order valence-electron chi connectivity index (χ0n) is 9.54. The molecule has 0 saturated heterocycles. The number of nitrogens with two attached hydrogens (primary N) is 1. The molecule has 112 valence electrons. The number of methoxy groups -OCH3 is 1. The van der Waals surface area contributed by atoms with Crippen LogP contribution in [0.2, 0.25) is 0 Å². The van der Waals surface area contributed by atoms with Crippen LogP contribution in [0.3, 0.4) is 0 Å². The van der Waals surface area contributed by atoms with Crippen LogP contribution in [0.25, 0.3) is 0 Å². The summed E-state index contributed by atoms with van der Waals surface area (Å²) in [4.78, 5) is 11.3. The SMILES string of the molecule is COc1nc(OC(F)(F)F)c(S(N)(=O)=O)cc1[N+](=O)[O-]. The molecule has 0 aliphatic rings. The third-order valence-corrected chi connectivity index (χ3v) is 2.72. The quantitative estimate of drug-likeness (QED) is 0.632. The van der Waals surface area contributed by atoms with Gasteiger partial charge in [-0.2, -0.15) is 4.98 Å². The summed E-state index contributed by atoms with van der Waals surface area (Å²) in [5.41, 5.74) is -0.981. The van der Waals surface area contributed by atoms with Gasteiger partial charge in [-0.1, -0.05) is 0 Å². The average molecular weight is 317 g/mol. The topological polar surface area (TPSA) is 135 Å². The van der Waals surface area contributed by atoms with Crippen molar-refractivity contribution in [2.45, 2.75) is 11.3 Å². The van der Waals surface area contributed by atoms with Crippen molar-refractivity contribution in [3.63, 3.8) is 0 Å². The van der Waals surface area contributed by atoms with Crippen LogP contribution in [0.1, 0.15) is 0 Å². The molecule has 20 heavy (non-hydrogen) atoms. The van der Waals surface area contributed by atoms with E-state index < -0.39 is 43.7 Å². The lowest BCUT2D eigenvalue weighted by Crippen LogP contribution is -2.22. The van der Waals surface area contributed by atoms with Gasteiger partial charge in [-0.25, -0.2) is 13.6 Å². The number of halogens is 3. The van der Waals surface area contributed by atoms with Gasteiger partial charge in [0.15, 0.2) is 4.90 Å². The number of ether oxygens (including phenoxy) is 2. The van der Waals surface area contributed by atoms with Crippen molar-refractivity contribution in [3.8, 4) is 11.8 Å². The molecule has 13 heteroatoms. The first-order chi connectivity index (χ1) is 8.95. The molecule has 1 rings (SSSR count). The van der Waals surface area contributed by atoms with Crippen molar-refractivity contribution < 1.29 is 36.0 Å². The minimum absolute atomic E-state index is 0.266. The maximum absolute atomic E-state index is 12.1. The molecule has 0 radical (unpaired) electrons. The first kappa shape index (κ1) is 15.9. The molecule has 2 N–H and O–H groups in total. The summed E-state index contributed by atoms with van der Waals surface area (Å²) in [6, 6.07) is 0.266. The fourth-order valence-corrected chi connectivity index (χ4v) is 1.73. The van der Waals surface area contributed by atoms with Crippen molar-refractivity contribution in [2.75, 3.05) is 7.11 Å². The molecule has 1 aromatic rings. The second-order valence-electron chi connectivity index (χ2n) is 3.17. The normalized spacial score (nSPS) is 12.1. The van der Waals surface area contributed by atoms with Gasteiger partial charge in [-0.15, -0.1) is 13.2 Å². The van der Waals surface area contributed by atoms with Crippen LogP contribution >= 0.6 is 0 Å². The number of alkyl halides is 3. The Morgan fingerprint density at radius 2 is 1.95 bits per heavy atom. The van der Waals surface area contributed by atoms with Crippen LogP contribution in [0.5, 0.6) is 11.8 Å². The Labute approximate surface area is 109 Å². The highest BCUT2D eigenvalue weighted by atomic mass is 32.2. The fraction of sp³-hybridized carbons (Fsp3) is 0.286. The van der Waals surface area contributed by atoms with Gasteiger partial charge in [-0.3, -0.25) is 10.1 Å². The molecular weight excluding hydrogens is 311 g/mol. The molecule has 0 amide bonds. The summed E-state index contributed by atoms with van der Waals surface area (Å²) in [6.45, 7) is 0. The Morgan fingerprint density at radius 3 is 2.30 bits per heavy atom. The van der Waals surface area contributed by atoms with E-state index in [-0.39, 0.29) is 6.07 Å². The van der Waals surface area contributed by atoms with Crippen molar-refractivity contribution in [2.24, 2.45) is 5.14 Å². The van der Waals surface area contributed by atoms with Gasteiger partial charge in [0.2, 0.25) is 15.9 Å². The van der Waals surface area contributed by atoms with E-state index in [2.05, 4.69) is 19.6 Å². The predicted molar refractivity (Wildman–Crippen MR) is 55.5 cm³/mol. The minimum Gasteiger partial charge on any atom is -0.476 e. The number of hydrogen-bond acceptors (Lipinski definition) is 7. The molecule has 9 nitrogen and oxygen atoms in total. The first-order valence-corrected chi connectivity index (χ1v) is 6.02. The molecule has 1 heterocycles. The van der Waals surface area contributed by atoms with Gasteiger partial charge < -0.3 is 9.47 Å². The Morgan fingerprint density at radius 1 is 1.40 bits per heavy atom. The maximum Gasteiger partial charge on any atom is 0.574 e. The number of nitrogens with zero attached hydrogens (tertiary/aromatic N) is 2. The van der Waals surface area contributed by atoms with E-state index in [9.17, 15) is 31.7 Å². The molecule has 0 atom stereocenters. The lowest BCUT2D eigenvalue weighted by atomic mass is 10.4. The Bertz CT molecular complexity index is 644. The van der Waals surface area contributed by atoms with Crippen LogP contribution in [-0.4, -0.2) is 31.8 Å². The van der Waals surface area contributed by atoms with Crippen LogP contribution in [0.15, 0.2) is 11.0 Å². The van der Waals surface area contributed by atoms with Gasteiger partial charge in [0.25, 0.3) is 5.88 Å². The van der Waals surface area contributed by atoms with Crippen LogP contribution in [0, 0.1) is 10.1 Å². The smallest absolute Gasteiger partial charge is 0.476 e. The maximum atomic E-state index is 12.1. The zero-order chi connectivity index (χ0) is 15.7. The van der Waals surface area contributed by atoms with E-state index in [1.165, 1.54) is 0 Å². The number of aromatic nitrogens is 1.